The van der Waals surface area contributed by atoms with Crippen molar-refractivity contribution in [2.45, 2.75) is 32.4 Å². The van der Waals surface area contributed by atoms with Gasteiger partial charge in [0.2, 0.25) is 5.62 Å². The lowest BCUT2D eigenvalue weighted by Crippen LogP contribution is -2.42. The van der Waals surface area contributed by atoms with Crippen LogP contribution >= 0.6 is 0 Å². The highest BCUT2D eigenvalue weighted by Crippen LogP contribution is 2.37. The Bertz CT molecular complexity index is 1290. The maximum atomic E-state index is 12.8. The number of morpholine rings is 1. The number of hydrogen-bond acceptors (Lipinski definition) is 8. The molecular formula is C26H32N6O4. The van der Waals surface area contributed by atoms with Crippen LogP contribution in [0.4, 0.5) is 5.82 Å². The molecule has 1 unspecified atom stereocenters. The summed E-state index contributed by atoms with van der Waals surface area (Å²) in [6.07, 6.45) is 5.38. The van der Waals surface area contributed by atoms with Gasteiger partial charge in [-0.05, 0) is 37.1 Å². The van der Waals surface area contributed by atoms with Crippen LogP contribution in [0.5, 0.6) is 11.5 Å². The van der Waals surface area contributed by atoms with Crippen LogP contribution in [-0.2, 0) is 11.3 Å². The van der Waals surface area contributed by atoms with Gasteiger partial charge in [-0.3, -0.25) is 19.2 Å². The zero-order chi connectivity index (χ0) is 24.9. The highest BCUT2D eigenvalue weighted by Gasteiger charge is 2.21. The number of hydrogen-bond donors (Lipinski definition) is 1. The van der Waals surface area contributed by atoms with Gasteiger partial charge in [0.15, 0.2) is 11.5 Å². The molecule has 1 amide bonds. The standard InChI is InChI=1S/C26H32N6O4/c1-3-19-17-31(13-15-35-19)11-5-14-36-21-8-7-20-22(23(21)34-2)29-26(32-12-10-28-24(20)32)30-25(33)18-6-4-9-27-16-18/h4,6-9,16,19,28H,3,5,10-15,17H2,1-2H3. The first kappa shape index (κ1) is 24.2. The van der Waals surface area contributed by atoms with E-state index in [9.17, 15) is 4.79 Å². The predicted molar refractivity (Wildman–Crippen MR) is 135 cm³/mol. The van der Waals surface area contributed by atoms with E-state index in [0.29, 0.717) is 47.5 Å². The largest absolute Gasteiger partial charge is 0.491 e. The van der Waals surface area contributed by atoms with E-state index in [2.05, 4.69) is 27.1 Å². The first-order chi connectivity index (χ1) is 17.7. The summed E-state index contributed by atoms with van der Waals surface area (Å²) in [5.41, 5.74) is 1.34. The summed E-state index contributed by atoms with van der Waals surface area (Å²) in [5, 5.41) is 4.28. The fraction of sp³-hybridized carbons (Fsp3) is 0.462. The minimum absolute atomic E-state index is 0.323. The summed E-state index contributed by atoms with van der Waals surface area (Å²) >= 11 is 0. The van der Waals surface area contributed by atoms with Gasteiger partial charge in [-0.2, -0.15) is 4.99 Å². The molecule has 0 saturated carbocycles. The monoisotopic (exact) mass is 492 g/mol. The van der Waals surface area contributed by atoms with Crippen molar-refractivity contribution in [3.63, 3.8) is 0 Å². The number of rotatable bonds is 8. The van der Waals surface area contributed by atoms with Crippen molar-refractivity contribution in [3.8, 4) is 11.5 Å². The number of pyridine rings is 1. The minimum atomic E-state index is -0.392. The molecule has 0 bridgehead atoms. The Morgan fingerprint density at radius 3 is 3.03 bits per heavy atom. The summed E-state index contributed by atoms with van der Waals surface area (Å²) in [6, 6.07) is 7.30. The molecule has 1 aromatic carbocycles. The number of aromatic nitrogens is 3. The van der Waals surface area contributed by atoms with Crippen LogP contribution in [0.25, 0.3) is 10.9 Å². The lowest BCUT2D eigenvalue weighted by Gasteiger charge is -2.32. The molecule has 1 atom stereocenters. The summed E-state index contributed by atoms with van der Waals surface area (Å²) in [4.78, 5) is 28.3. The van der Waals surface area contributed by atoms with Crippen LogP contribution in [0.1, 0.15) is 30.1 Å². The third-order valence-corrected chi connectivity index (χ3v) is 6.57. The Morgan fingerprint density at radius 2 is 2.22 bits per heavy atom. The van der Waals surface area contributed by atoms with Gasteiger partial charge in [-0.25, -0.2) is 4.98 Å². The van der Waals surface area contributed by atoms with Crippen molar-refractivity contribution in [1.29, 1.82) is 0 Å². The van der Waals surface area contributed by atoms with Crippen LogP contribution in [-0.4, -0.2) is 77.9 Å². The predicted octanol–water partition coefficient (Wildman–Crippen LogP) is 2.49. The van der Waals surface area contributed by atoms with E-state index in [-0.39, 0.29) is 0 Å². The van der Waals surface area contributed by atoms with Gasteiger partial charge in [0.05, 0.1) is 32.0 Å². The number of ether oxygens (including phenoxy) is 3. The van der Waals surface area contributed by atoms with Crippen molar-refractivity contribution in [3.05, 3.63) is 47.8 Å². The van der Waals surface area contributed by atoms with Gasteiger partial charge >= 0.3 is 0 Å². The smallest absolute Gasteiger partial charge is 0.281 e. The summed E-state index contributed by atoms with van der Waals surface area (Å²) < 4.78 is 19.6. The second-order valence-electron chi connectivity index (χ2n) is 8.89. The van der Waals surface area contributed by atoms with Gasteiger partial charge in [-0.15, -0.1) is 0 Å². The second kappa shape index (κ2) is 11.0. The first-order valence-corrected chi connectivity index (χ1v) is 12.5. The summed E-state index contributed by atoms with van der Waals surface area (Å²) in [5.74, 6) is 1.63. The maximum absolute atomic E-state index is 12.8. The van der Waals surface area contributed by atoms with Crippen molar-refractivity contribution < 1.29 is 19.0 Å². The molecule has 1 N–H and O–H groups in total. The summed E-state index contributed by atoms with van der Waals surface area (Å²) in [7, 11) is 1.60. The van der Waals surface area contributed by atoms with Crippen molar-refractivity contribution in [1.82, 2.24) is 19.4 Å². The molecule has 1 fully saturated rings. The van der Waals surface area contributed by atoms with E-state index in [1.165, 1.54) is 6.20 Å². The molecule has 0 aliphatic carbocycles. The number of carbonyl (C=O) groups is 1. The molecule has 5 rings (SSSR count). The molecule has 0 spiro atoms. The van der Waals surface area contributed by atoms with Crippen LogP contribution in [0.3, 0.4) is 0 Å². The van der Waals surface area contributed by atoms with Gasteiger partial charge < -0.3 is 19.5 Å². The molecule has 1 saturated heterocycles. The second-order valence-corrected chi connectivity index (χ2v) is 8.89. The van der Waals surface area contributed by atoms with E-state index >= 15 is 0 Å². The highest BCUT2D eigenvalue weighted by atomic mass is 16.5. The van der Waals surface area contributed by atoms with E-state index in [1.54, 1.807) is 25.4 Å². The fourth-order valence-electron chi connectivity index (χ4n) is 4.69. The topological polar surface area (TPSA) is 103 Å². The Balaban J connectivity index is 1.39. The number of benzene rings is 1. The third kappa shape index (κ3) is 5.05. The SMILES string of the molecule is CCC1CN(CCCOc2ccc3c4n(c(=NC(=O)c5cccnc5)nc3c2OC)CCN4)CCO1. The van der Waals surface area contributed by atoms with E-state index in [0.717, 1.165) is 56.8 Å². The number of nitrogens with zero attached hydrogens (tertiary/aromatic N) is 5. The first-order valence-electron chi connectivity index (χ1n) is 12.5. The molecule has 4 heterocycles. The van der Waals surface area contributed by atoms with Gasteiger partial charge in [-0.1, -0.05) is 6.92 Å². The van der Waals surface area contributed by atoms with Crippen LogP contribution in [0, 0.1) is 0 Å². The van der Waals surface area contributed by atoms with Gasteiger partial charge in [0.1, 0.15) is 11.3 Å². The van der Waals surface area contributed by atoms with E-state index in [4.69, 9.17) is 19.2 Å². The normalized spacial score (nSPS) is 18.2. The number of fused-ring (bicyclic) bond motifs is 3. The van der Waals surface area contributed by atoms with Crippen molar-refractivity contribution >= 4 is 22.6 Å². The number of carbonyl (C=O) groups excluding carboxylic acids is 1. The van der Waals surface area contributed by atoms with Crippen LogP contribution in [0.15, 0.2) is 41.7 Å². The number of methoxy groups -OCH3 is 1. The molecule has 2 aliphatic heterocycles. The molecule has 10 nitrogen and oxygen atoms in total. The highest BCUT2D eigenvalue weighted by molar-refractivity contribution is 5.96. The molecule has 0 radical (unpaired) electrons. The molecular weight excluding hydrogens is 460 g/mol. The van der Waals surface area contributed by atoms with Crippen molar-refractivity contribution in [2.24, 2.45) is 4.99 Å². The molecule has 10 heteroatoms. The summed E-state index contributed by atoms with van der Waals surface area (Å²) in [6.45, 7) is 7.79. The minimum Gasteiger partial charge on any atom is -0.491 e. The average molecular weight is 493 g/mol. The average Bonchev–Trinajstić information content (AvgIpc) is 3.42. The van der Waals surface area contributed by atoms with Crippen molar-refractivity contribution in [2.75, 3.05) is 51.8 Å². The molecule has 2 aliphatic rings. The Morgan fingerprint density at radius 1 is 1.31 bits per heavy atom. The zero-order valence-electron chi connectivity index (χ0n) is 20.8. The lowest BCUT2D eigenvalue weighted by molar-refractivity contribution is -0.0306. The fourth-order valence-corrected chi connectivity index (χ4v) is 4.69. The van der Waals surface area contributed by atoms with Crippen LogP contribution in [0.2, 0.25) is 0 Å². The molecule has 3 aromatic rings. The Kier molecular flexibility index (Phi) is 7.43. The van der Waals surface area contributed by atoms with Gasteiger partial charge in [0.25, 0.3) is 5.91 Å². The number of nitrogens with one attached hydrogen (secondary N) is 1. The Hall–Kier alpha value is -3.50. The zero-order valence-corrected chi connectivity index (χ0v) is 20.8. The van der Waals surface area contributed by atoms with Gasteiger partial charge in [0, 0.05) is 50.5 Å². The molecule has 2 aromatic heterocycles. The molecule has 190 valence electrons. The lowest BCUT2D eigenvalue weighted by atomic mass is 10.2. The van der Waals surface area contributed by atoms with Crippen LogP contribution < -0.4 is 20.4 Å². The number of amides is 1. The van der Waals surface area contributed by atoms with E-state index in [1.807, 2.05) is 16.7 Å². The Labute approximate surface area is 209 Å². The molecule has 36 heavy (non-hydrogen) atoms. The third-order valence-electron chi connectivity index (χ3n) is 6.57. The number of anilines is 1. The maximum Gasteiger partial charge on any atom is 0.281 e. The van der Waals surface area contributed by atoms with E-state index < -0.39 is 5.91 Å². The quantitative estimate of drug-likeness (QED) is 0.479.